The Morgan fingerprint density at radius 2 is 2.22 bits per heavy atom. The molecular formula is C15H19N5O2S. The van der Waals surface area contributed by atoms with Crippen molar-refractivity contribution in [3.05, 3.63) is 18.2 Å². The smallest absolute Gasteiger partial charge is 0.238 e. The van der Waals surface area contributed by atoms with E-state index in [-0.39, 0.29) is 30.3 Å². The van der Waals surface area contributed by atoms with Crippen LogP contribution in [0.4, 0.5) is 5.69 Å². The molecule has 122 valence electrons. The van der Waals surface area contributed by atoms with E-state index in [0.717, 1.165) is 30.1 Å². The van der Waals surface area contributed by atoms with Crippen molar-refractivity contribution < 1.29 is 9.59 Å². The van der Waals surface area contributed by atoms with E-state index in [1.54, 1.807) is 0 Å². The molecule has 2 amide bonds. The fourth-order valence-electron chi connectivity index (χ4n) is 2.91. The highest BCUT2D eigenvalue weighted by Crippen LogP contribution is 2.23. The number of likely N-dealkylation sites (tertiary alicyclic amines) is 1. The van der Waals surface area contributed by atoms with Crippen molar-refractivity contribution >= 4 is 40.3 Å². The Morgan fingerprint density at radius 3 is 3.00 bits per heavy atom. The van der Waals surface area contributed by atoms with E-state index in [2.05, 4.69) is 21.0 Å². The Hall–Kier alpha value is -2.06. The third-order valence-electron chi connectivity index (χ3n) is 4.32. The number of fused-ring (bicyclic) bond motifs is 1. The molecule has 2 heterocycles. The van der Waals surface area contributed by atoms with Crippen molar-refractivity contribution in [1.29, 1.82) is 0 Å². The van der Waals surface area contributed by atoms with Crippen LogP contribution >= 0.6 is 11.7 Å². The normalized spacial score (nSPS) is 22.1. The molecule has 1 aliphatic heterocycles. The zero-order chi connectivity index (χ0) is 16.4. The molecule has 0 unspecified atom stereocenters. The molecule has 1 saturated heterocycles. The van der Waals surface area contributed by atoms with Gasteiger partial charge in [-0.05, 0) is 31.9 Å². The number of nitrogens with zero attached hydrogens (tertiary/aromatic N) is 3. The van der Waals surface area contributed by atoms with Crippen LogP contribution in [0.25, 0.3) is 11.0 Å². The van der Waals surface area contributed by atoms with E-state index in [4.69, 9.17) is 5.73 Å². The Kier molecular flexibility index (Phi) is 4.53. The first kappa shape index (κ1) is 15.8. The summed E-state index contributed by atoms with van der Waals surface area (Å²) in [5.74, 6) is -0.590. The maximum absolute atomic E-state index is 12.4. The topological polar surface area (TPSA) is 101 Å². The standard InChI is InChI=1S/C15H19N5O2S/c1-9-5-6-10(15(16)22)7-20(9)8-13(21)17-11-3-2-4-12-14(11)19-23-18-12/h2-4,9-10H,5-8H2,1H3,(H2,16,22)(H,17,21)/t9-,10+/m1/s1. The number of benzene rings is 1. The number of nitrogens with one attached hydrogen (secondary N) is 1. The molecule has 0 spiro atoms. The zero-order valence-corrected chi connectivity index (χ0v) is 13.7. The molecule has 0 aliphatic carbocycles. The minimum absolute atomic E-state index is 0.123. The molecule has 3 rings (SSSR count). The van der Waals surface area contributed by atoms with Gasteiger partial charge in [0.15, 0.2) is 0 Å². The van der Waals surface area contributed by atoms with Gasteiger partial charge in [-0.2, -0.15) is 8.75 Å². The van der Waals surface area contributed by atoms with Gasteiger partial charge in [0.2, 0.25) is 11.8 Å². The first-order chi connectivity index (χ1) is 11.0. The first-order valence-electron chi connectivity index (χ1n) is 7.59. The fourth-order valence-corrected chi connectivity index (χ4v) is 3.46. The molecule has 3 N–H and O–H groups in total. The summed E-state index contributed by atoms with van der Waals surface area (Å²) >= 11 is 1.12. The summed E-state index contributed by atoms with van der Waals surface area (Å²) in [5.41, 5.74) is 7.54. The summed E-state index contributed by atoms with van der Waals surface area (Å²) in [7, 11) is 0. The number of carbonyl (C=O) groups is 2. The van der Waals surface area contributed by atoms with Crippen LogP contribution in [0.3, 0.4) is 0 Å². The van der Waals surface area contributed by atoms with Crippen molar-refractivity contribution in [3.63, 3.8) is 0 Å². The highest BCUT2D eigenvalue weighted by atomic mass is 32.1. The van der Waals surface area contributed by atoms with Crippen molar-refractivity contribution in [2.45, 2.75) is 25.8 Å². The summed E-state index contributed by atoms with van der Waals surface area (Å²) in [5, 5.41) is 2.89. The van der Waals surface area contributed by atoms with Crippen LogP contribution < -0.4 is 11.1 Å². The van der Waals surface area contributed by atoms with Gasteiger partial charge in [-0.25, -0.2) is 0 Å². The Balaban J connectivity index is 1.66. The number of piperidine rings is 1. The number of amides is 2. The van der Waals surface area contributed by atoms with Gasteiger partial charge in [0, 0.05) is 12.6 Å². The van der Waals surface area contributed by atoms with Crippen LogP contribution in [-0.2, 0) is 9.59 Å². The lowest BCUT2D eigenvalue weighted by atomic mass is 9.93. The van der Waals surface area contributed by atoms with Crippen molar-refractivity contribution in [3.8, 4) is 0 Å². The SMILES string of the molecule is C[C@@H]1CC[C@H](C(N)=O)CN1CC(=O)Nc1cccc2nsnc12. The molecule has 2 aromatic rings. The van der Waals surface area contributed by atoms with Gasteiger partial charge < -0.3 is 11.1 Å². The van der Waals surface area contributed by atoms with E-state index in [9.17, 15) is 9.59 Å². The van der Waals surface area contributed by atoms with Crippen LogP contribution in [0.2, 0.25) is 0 Å². The molecule has 1 fully saturated rings. The number of hydrogen-bond acceptors (Lipinski definition) is 6. The lowest BCUT2D eigenvalue weighted by Crippen LogP contribution is -2.48. The largest absolute Gasteiger partial charge is 0.369 e. The summed E-state index contributed by atoms with van der Waals surface area (Å²) in [4.78, 5) is 25.7. The quantitative estimate of drug-likeness (QED) is 0.876. The summed E-state index contributed by atoms with van der Waals surface area (Å²) < 4.78 is 8.37. The van der Waals surface area contributed by atoms with Crippen LogP contribution in [0, 0.1) is 5.92 Å². The second-order valence-electron chi connectivity index (χ2n) is 5.94. The third-order valence-corrected chi connectivity index (χ3v) is 4.86. The van der Waals surface area contributed by atoms with Gasteiger partial charge in [0.1, 0.15) is 11.0 Å². The minimum atomic E-state index is -0.291. The molecule has 0 saturated carbocycles. The molecule has 23 heavy (non-hydrogen) atoms. The average Bonchev–Trinajstić information content (AvgIpc) is 2.99. The number of nitrogens with two attached hydrogens (primary N) is 1. The molecular weight excluding hydrogens is 314 g/mol. The minimum Gasteiger partial charge on any atom is -0.369 e. The van der Waals surface area contributed by atoms with E-state index in [0.29, 0.717) is 17.7 Å². The van der Waals surface area contributed by atoms with Crippen LogP contribution in [0.1, 0.15) is 19.8 Å². The molecule has 0 bridgehead atoms. The highest BCUT2D eigenvalue weighted by Gasteiger charge is 2.29. The Morgan fingerprint density at radius 1 is 1.39 bits per heavy atom. The van der Waals surface area contributed by atoms with Crippen LogP contribution in [-0.4, -0.2) is 44.6 Å². The van der Waals surface area contributed by atoms with Gasteiger partial charge in [0.25, 0.3) is 0 Å². The van der Waals surface area contributed by atoms with Gasteiger partial charge in [-0.1, -0.05) is 6.07 Å². The average molecular weight is 333 g/mol. The molecule has 1 aromatic carbocycles. The van der Waals surface area contributed by atoms with Gasteiger partial charge in [-0.3, -0.25) is 14.5 Å². The van der Waals surface area contributed by atoms with E-state index in [1.165, 1.54) is 0 Å². The first-order valence-corrected chi connectivity index (χ1v) is 8.32. The summed E-state index contributed by atoms with van der Waals surface area (Å²) in [6.07, 6.45) is 1.66. The summed E-state index contributed by atoms with van der Waals surface area (Å²) in [6.45, 7) is 2.83. The van der Waals surface area contributed by atoms with Gasteiger partial charge in [-0.15, -0.1) is 0 Å². The molecule has 2 atom stereocenters. The lowest BCUT2D eigenvalue weighted by Gasteiger charge is -2.36. The number of carbonyl (C=O) groups excluding carboxylic acids is 2. The fraction of sp³-hybridized carbons (Fsp3) is 0.467. The number of aromatic nitrogens is 2. The van der Waals surface area contributed by atoms with Crippen molar-refractivity contribution in [1.82, 2.24) is 13.6 Å². The Labute approximate surface area is 138 Å². The second kappa shape index (κ2) is 6.59. The molecule has 7 nitrogen and oxygen atoms in total. The van der Waals surface area contributed by atoms with E-state index in [1.807, 2.05) is 23.1 Å². The molecule has 0 radical (unpaired) electrons. The predicted molar refractivity (Wildman–Crippen MR) is 89.0 cm³/mol. The van der Waals surface area contributed by atoms with Crippen molar-refractivity contribution in [2.75, 3.05) is 18.4 Å². The van der Waals surface area contributed by atoms with Crippen LogP contribution in [0.15, 0.2) is 18.2 Å². The number of hydrogen-bond donors (Lipinski definition) is 2. The van der Waals surface area contributed by atoms with E-state index >= 15 is 0 Å². The number of anilines is 1. The zero-order valence-electron chi connectivity index (χ0n) is 12.9. The molecule has 8 heteroatoms. The van der Waals surface area contributed by atoms with E-state index < -0.39 is 0 Å². The van der Waals surface area contributed by atoms with Gasteiger partial charge >= 0.3 is 0 Å². The monoisotopic (exact) mass is 333 g/mol. The second-order valence-corrected chi connectivity index (χ2v) is 6.47. The number of rotatable bonds is 4. The van der Waals surface area contributed by atoms with Crippen molar-refractivity contribution in [2.24, 2.45) is 11.7 Å². The van der Waals surface area contributed by atoms with Crippen LogP contribution in [0.5, 0.6) is 0 Å². The summed E-state index contributed by atoms with van der Waals surface area (Å²) in [6, 6.07) is 5.77. The lowest BCUT2D eigenvalue weighted by molar-refractivity contribution is -0.126. The van der Waals surface area contributed by atoms with Gasteiger partial charge in [0.05, 0.1) is 29.9 Å². The molecule has 1 aromatic heterocycles. The maximum atomic E-state index is 12.4. The predicted octanol–water partition coefficient (Wildman–Crippen LogP) is 1.22. The third kappa shape index (κ3) is 3.48. The highest BCUT2D eigenvalue weighted by molar-refractivity contribution is 7.00. The maximum Gasteiger partial charge on any atom is 0.238 e. The molecule has 1 aliphatic rings. The number of primary amides is 1. The Bertz CT molecular complexity index is 731.